The molecule has 0 atom stereocenters. The van der Waals surface area contributed by atoms with Gasteiger partial charge >= 0.3 is 0 Å². The zero-order chi connectivity index (χ0) is 21.1. The number of halogens is 1. The molecule has 0 saturated carbocycles. The van der Waals surface area contributed by atoms with Crippen LogP contribution in [0.25, 0.3) is 0 Å². The van der Waals surface area contributed by atoms with Crippen molar-refractivity contribution in [3.05, 3.63) is 57.9 Å². The van der Waals surface area contributed by atoms with E-state index in [4.69, 9.17) is 4.74 Å². The molecule has 0 spiro atoms. The lowest BCUT2D eigenvalue weighted by Gasteiger charge is -2.30. The molecule has 2 fully saturated rings. The van der Waals surface area contributed by atoms with Crippen molar-refractivity contribution >= 4 is 28.7 Å². The van der Waals surface area contributed by atoms with E-state index in [0.29, 0.717) is 37.7 Å². The molecule has 4 rings (SSSR count). The number of anilines is 3. The molecule has 8 nitrogen and oxygen atoms in total. The van der Waals surface area contributed by atoms with E-state index in [9.17, 15) is 19.3 Å². The number of para-hydroxylation sites is 1. The average Bonchev–Trinajstić information content (AvgIpc) is 3.30. The van der Waals surface area contributed by atoms with E-state index < -0.39 is 16.6 Å². The van der Waals surface area contributed by atoms with Crippen molar-refractivity contribution in [1.29, 1.82) is 0 Å². The number of nitro benzene ring substituents is 1. The highest BCUT2D eigenvalue weighted by atomic mass is 19.1. The van der Waals surface area contributed by atoms with Gasteiger partial charge in [0, 0.05) is 38.3 Å². The molecule has 0 aliphatic carbocycles. The number of benzene rings is 2. The van der Waals surface area contributed by atoms with Crippen LogP contribution in [0.2, 0.25) is 0 Å². The van der Waals surface area contributed by atoms with Crippen LogP contribution in [0.1, 0.15) is 23.2 Å². The van der Waals surface area contributed by atoms with Crippen LogP contribution in [0.5, 0.6) is 0 Å². The normalized spacial score (nSPS) is 16.6. The van der Waals surface area contributed by atoms with Crippen molar-refractivity contribution in [3.8, 4) is 0 Å². The van der Waals surface area contributed by atoms with E-state index in [-0.39, 0.29) is 16.9 Å². The Morgan fingerprint density at radius 3 is 2.43 bits per heavy atom. The minimum absolute atomic E-state index is 0.101. The van der Waals surface area contributed by atoms with Gasteiger partial charge in [-0.15, -0.1) is 0 Å². The lowest BCUT2D eigenvalue weighted by Crippen LogP contribution is -2.37. The molecule has 0 radical (unpaired) electrons. The fourth-order valence-electron chi connectivity index (χ4n) is 3.94. The second kappa shape index (κ2) is 8.66. The van der Waals surface area contributed by atoms with Gasteiger partial charge in [-0.05, 0) is 31.0 Å². The zero-order valence-electron chi connectivity index (χ0n) is 16.5. The predicted molar refractivity (Wildman–Crippen MR) is 112 cm³/mol. The molecule has 2 heterocycles. The molecule has 0 bridgehead atoms. The Bertz CT molecular complexity index is 956. The van der Waals surface area contributed by atoms with Crippen LogP contribution in [0.3, 0.4) is 0 Å². The summed E-state index contributed by atoms with van der Waals surface area (Å²) in [6.45, 7) is 3.73. The molecule has 2 aromatic carbocycles. The minimum atomic E-state index is -0.578. The van der Waals surface area contributed by atoms with Crippen molar-refractivity contribution < 1.29 is 18.8 Å². The van der Waals surface area contributed by atoms with Crippen molar-refractivity contribution in [2.24, 2.45) is 0 Å². The van der Waals surface area contributed by atoms with Crippen LogP contribution >= 0.6 is 0 Å². The summed E-state index contributed by atoms with van der Waals surface area (Å²) in [5.41, 5.74) is 1.25. The molecule has 30 heavy (non-hydrogen) atoms. The van der Waals surface area contributed by atoms with Gasteiger partial charge in [0.25, 0.3) is 11.6 Å². The number of nitrogens with one attached hydrogen (secondary N) is 1. The molecule has 1 amide bonds. The number of nitrogens with zero attached hydrogens (tertiary/aromatic N) is 3. The number of non-ortho nitro benzene ring substituents is 1. The molecule has 2 saturated heterocycles. The molecular formula is C21H23FN4O4. The summed E-state index contributed by atoms with van der Waals surface area (Å²) in [6.07, 6.45) is 2.02. The summed E-state index contributed by atoms with van der Waals surface area (Å²) >= 11 is 0. The SMILES string of the molecule is O=C(Nc1c(F)cccc1N1CCCC1)c1cc([N+](=O)[O-])ccc1N1CCOCC1. The lowest BCUT2D eigenvalue weighted by atomic mass is 10.1. The molecule has 0 aromatic heterocycles. The van der Waals surface area contributed by atoms with E-state index in [2.05, 4.69) is 5.32 Å². The number of nitro groups is 1. The van der Waals surface area contributed by atoms with E-state index in [1.807, 2.05) is 9.80 Å². The smallest absolute Gasteiger partial charge is 0.270 e. The van der Waals surface area contributed by atoms with Crippen LogP contribution in [0, 0.1) is 15.9 Å². The average molecular weight is 414 g/mol. The van der Waals surface area contributed by atoms with Crippen molar-refractivity contribution in [2.45, 2.75) is 12.8 Å². The lowest BCUT2D eigenvalue weighted by molar-refractivity contribution is -0.384. The largest absolute Gasteiger partial charge is 0.378 e. The summed E-state index contributed by atoms with van der Waals surface area (Å²) in [6, 6.07) is 8.88. The van der Waals surface area contributed by atoms with Gasteiger partial charge in [-0.2, -0.15) is 0 Å². The molecule has 2 aromatic rings. The minimum Gasteiger partial charge on any atom is -0.378 e. The number of rotatable bonds is 5. The third-order valence-electron chi connectivity index (χ3n) is 5.46. The van der Waals surface area contributed by atoms with Crippen molar-refractivity contribution in [2.75, 3.05) is 54.5 Å². The van der Waals surface area contributed by atoms with Crippen LogP contribution in [-0.4, -0.2) is 50.2 Å². The van der Waals surface area contributed by atoms with Crippen LogP contribution in [-0.2, 0) is 4.74 Å². The monoisotopic (exact) mass is 414 g/mol. The van der Waals surface area contributed by atoms with Crippen LogP contribution in [0.15, 0.2) is 36.4 Å². The topological polar surface area (TPSA) is 88.0 Å². The summed E-state index contributed by atoms with van der Waals surface area (Å²) < 4.78 is 20.0. The van der Waals surface area contributed by atoms with Crippen molar-refractivity contribution in [1.82, 2.24) is 0 Å². The fraction of sp³-hybridized carbons (Fsp3) is 0.381. The molecule has 2 aliphatic rings. The van der Waals surface area contributed by atoms with Gasteiger partial charge in [-0.3, -0.25) is 14.9 Å². The van der Waals surface area contributed by atoms with Gasteiger partial charge in [-0.1, -0.05) is 6.07 Å². The molecule has 9 heteroatoms. The van der Waals surface area contributed by atoms with Gasteiger partial charge in [0.15, 0.2) is 0 Å². The maximum absolute atomic E-state index is 14.7. The van der Waals surface area contributed by atoms with E-state index in [0.717, 1.165) is 25.9 Å². The Morgan fingerprint density at radius 1 is 1.03 bits per heavy atom. The predicted octanol–water partition coefficient (Wildman–Crippen LogP) is 3.42. The first-order chi connectivity index (χ1) is 14.5. The van der Waals surface area contributed by atoms with Crippen molar-refractivity contribution in [3.63, 3.8) is 0 Å². The molecular weight excluding hydrogens is 391 g/mol. The summed E-state index contributed by atoms with van der Waals surface area (Å²) in [7, 11) is 0. The van der Waals surface area contributed by atoms with Gasteiger partial charge < -0.3 is 19.9 Å². The summed E-state index contributed by atoms with van der Waals surface area (Å²) in [4.78, 5) is 27.9. The molecule has 2 aliphatic heterocycles. The van der Waals surface area contributed by atoms with E-state index in [1.165, 1.54) is 18.2 Å². The molecule has 158 valence electrons. The third kappa shape index (κ3) is 4.06. The number of amides is 1. The number of ether oxygens (including phenoxy) is 1. The zero-order valence-corrected chi connectivity index (χ0v) is 16.5. The number of hydrogen-bond donors (Lipinski definition) is 1. The number of hydrogen-bond acceptors (Lipinski definition) is 6. The quantitative estimate of drug-likeness (QED) is 0.596. The van der Waals surface area contributed by atoms with E-state index >= 15 is 0 Å². The Morgan fingerprint density at radius 2 is 1.73 bits per heavy atom. The van der Waals surface area contributed by atoms with Gasteiger partial charge in [0.1, 0.15) is 11.5 Å². The summed E-state index contributed by atoms with van der Waals surface area (Å²) in [5.74, 6) is -1.11. The van der Waals surface area contributed by atoms with Crippen LogP contribution < -0.4 is 15.1 Å². The third-order valence-corrected chi connectivity index (χ3v) is 5.46. The second-order valence-corrected chi connectivity index (χ2v) is 7.34. The summed E-state index contributed by atoms with van der Waals surface area (Å²) in [5, 5.41) is 14.0. The molecule has 0 unspecified atom stereocenters. The van der Waals surface area contributed by atoms with Crippen LogP contribution in [0.4, 0.5) is 27.1 Å². The first kappa shape index (κ1) is 20.1. The van der Waals surface area contributed by atoms with Gasteiger partial charge in [0.05, 0.1) is 35.1 Å². The Balaban J connectivity index is 1.69. The Hall–Kier alpha value is -3.20. The highest BCUT2D eigenvalue weighted by Gasteiger charge is 2.25. The highest BCUT2D eigenvalue weighted by molar-refractivity contribution is 6.10. The maximum Gasteiger partial charge on any atom is 0.270 e. The van der Waals surface area contributed by atoms with Gasteiger partial charge in [-0.25, -0.2) is 4.39 Å². The van der Waals surface area contributed by atoms with E-state index in [1.54, 1.807) is 18.2 Å². The standard InChI is InChI=1S/C21H23FN4O4/c22-17-4-3-5-19(24-8-1-2-9-24)20(17)23-21(27)16-14-15(26(28)29)6-7-18(16)25-10-12-30-13-11-25/h3-7,14H,1-2,8-13H2,(H,23,27). The number of carbonyl (C=O) groups excluding carboxylic acids is 1. The Kier molecular flexibility index (Phi) is 5.80. The fourth-order valence-corrected chi connectivity index (χ4v) is 3.94. The van der Waals surface area contributed by atoms with Gasteiger partial charge in [0.2, 0.25) is 0 Å². The second-order valence-electron chi connectivity index (χ2n) is 7.34. The first-order valence-corrected chi connectivity index (χ1v) is 10.0. The number of morpholine rings is 1. The molecule has 1 N–H and O–H groups in total. The highest BCUT2D eigenvalue weighted by Crippen LogP contribution is 2.33. The Labute approximate surface area is 173 Å². The number of carbonyl (C=O) groups is 1. The first-order valence-electron chi connectivity index (χ1n) is 10.0. The maximum atomic E-state index is 14.7.